The van der Waals surface area contributed by atoms with E-state index in [9.17, 15) is 0 Å². The van der Waals surface area contributed by atoms with E-state index < -0.39 is 5.54 Å². The fraction of sp³-hybridized carbons (Fsp3) is 0.125. The highest BCUT2D eigenvalue weighted by Crippen LogP contribution is 2.39. The maximum absolute atomic E-state index is 6.20. The standard InChI is InChI=1S/C24H22N4/c1-28-16-24(27-23(28)25,20-7-3-2-4-8-20)21-9-5-6-17(15-21)18-10-11-22-19(14-18)12-13-26-22/h2-15,26H,16H2,1H3,(H2,25,27). The first-order valence-corrected chi connectivity index (χ1v) is 9.46. The molecule has 4 heteroatoms. The fourth-order valence-corrected chi connectivity index (χ4v) is 4.12. The van der Waals surface area contributed by atoms with Crippen LogP contribution >= 0.6 is 0 Å². The van der Waals surface area contributed by atoms with Crippen molar-refractivity contribution in [3.05, 3.63) is 96.2 Å². The number of nitrogens with one attached hydrogen (secondary N) is 1. The molecule has 0 aliphatic carbocycles. The van der Waals surface area contributed by atoms with Crippen molar-refractivity contribution in [1.29, 1.82) is 0 Å². The van der Waals surface area contributed by atoms with Crippen LogP contribution in [0.3, 0.4) is 0 Å². The van der Waals surface area contributed by atoms with E-state index in [1.165, 1.54) is 16.5 Å². The van der Waals surface area contributed by atoms with Crippen molar-refractivity contribution in [3.8, 4) is 11.1 Å². The monoisotopic (exact) mass is 366 g/mol. The van der Waals surface area contributed by atoms with Gasteiger partial charge in [0, 0.05) is 18.8 Å². The van der Waals surface area contributed by atoms with E-state index in [0.29, 0.717) is 5.96 Å². The molecule has 1 aliphatic rings. The predicted molar refractivity (Wildman–Crippen MR) is 115 cm³/mol. The van der Waals surface area contributed by atoms with E-state index in [-0.39, 0.29) is 0 Å². The van der Waals surface area contributed by atoms with Gasteiger partial charge in [0.05, 0.1) is 6.54 Å². The number of aromatic nitrogens is 1. The van der Waals surface area contributed by atoms with Gasteiger partial charge in [-0.2, -0.15) is 0 Å². The number of hydrogen-bond acceptors (Lipinski definition) is 3. The number of hydrogen-bond donors (Lipinski definition) is 2. The van der Waals surface area contributed by atoms with Crippen LogP contribution in [0.4, 0.5) is 0 Å². The van der Waals surface area contributed by atoms with Gasteiger partial charge in [0.2, 0.25) is 0 Å². The third-order valence-electron chi connectivity index (χ3n) is 5.64. The number of rotatable bonds is 3. The summed E-state index contributed by atoms with van der Waals surface area (Å²) in [6.07, 6.45) is 1.97. The Balaban J connectivity index is 1.66. The topological polar surface area (TPSA) is 57.4 Å². The second-order valence-corrected chi connectivity index (χ2v) is 7.41. The van der Waals surface area contributed by atoms with Crippen molar-refractivity contribution < 1.29 is 0 Å². The van der Waals surface area contributed by atoms with Crippen LogP contribution in [0.5, 0.6) is 0 Å². The molecule has 1 aromatic heterocycles. The Bertz CT molecular complexity index is 1180. The van der Waals surface area contributed by atoms with Crippen LogP contribution in [0, 0.1) is 0 Å². The van der Waals surface area contributed by atoms with E-state index in [2.05, 4.69) is 77.8 Å². The molecule has 5 rings (SSSR count). The fourth-order valence-electron chi connectivity index (χ4n) is 4.12. The van der Waals surface area contributed by atoms with Crippen LogP contribution in [0.1, 0.15) is 11.1 Å². The lowest BCUT2D eigenvalue weighted by atomic mass is 9.82. The van der Waals surface area contributed by atoms with Crippen LogP contribution in [0.15, 0.2) is 90.1 Å². The summed E-state index contributed by atoms with van der Waals surface area (Å²) in [5.74, 6) is 0.572. The van der Waals surface area contributed by atoms with Gasteiger partial charge in [-0.05, 0) is 51.9 Å². The molecule has 3 aromatic carbocycles. The van der Waals surface area contributed by atoms with Crippen LogP contribution in [0.25, 0.3) is 22.0 Å². The average Bonchev–Trinajstić information content (AvgIpc) is 3.33. The van der Waals surface area contributed by atoms with Gasteiger partial charge < -0.3 is 15.6 Å². The molecule has 4 aromatic rings. The third-order valence-corrected chi connectivity index (χ3v) is 5.64. The molecule has 1 aliphatic heterocycles. The molecule has 4 nitrogen and oxygen atoms in total. The van der Waals surface area contributed by atoms with Crippen LogP contribution < -0.4 is 5.73 Å². The number of aliphatic imine (C=N–C) groups is 1. The molecule has 1 atom stereocenters. The second-order valence-electron chi connectivity index (χ2n) is 7.41. The SMILES string of the molecule is CN1CC(c2ccccc2)(c2cccc(-c3ccc4[nH]ccc4c3)c2)N=C1N. The van der Waals surface area contributed by atoms with Gasteiger partial charge in [-0.3, -0.25) is 0 Å². The minimum Gasteiger partial charge on any atom is -0.370 e. The van der Waals surface area contributed by atoms with Gasteiger partial charge in [-0.15, -0.1) is 0 Å². The minimum atomic E-state index is -0.492. The quantitative estimate of drug-likeness (QED) is 0.567. The number of fused-ring (bicyclic) bond motifs is 1. The summed E-state index contributed by atoms with van der Waals surface area (Å²) in [6.45, 7) is 0.725. The molecule has 138 valence electrons. The molecular weight excluding hydrogens is 344 g/mol. The van der Waals surface area contributed by atoms with E-state index in [1.807, 2.05) is 24.2 Å². The van der Waals surface area contributed by atoms with Gasteiger partial charge >= 0.3 is 0 Å². The average molecular weight is 366 g/mol. The number of nitrogens with zero attached hydrogens (tertiary/aromatic N) is 2. The predicted octanol–water partition coefficient (Wildman–Crippen LogP) is 4.34. The molecular formula is C24H22N4. The lowest BCUT2D eigenvalue weighted by Gasteiger charge is -2.28. The lowest BCUT2D eigenvalue weighted by Crippen LogP contribution is -2.34. The first-order chi connectivity index (χ1) is 13.7. The number of H-pyrrole nitrogens is 1. The zero-order valence-electron chi connectivity index (χ0n) is 15.8. The lowest BCUT2D eigenvalue weighted by molar-refractivity contribution is 0.432. The smallest absolute Gasteiger partial charge is 0.192 e. The van der Waals surface area contributed by atoms with Gasteiger partial charge in [0.15, 0.2) is 5.96 Å². The summed E-state index contributed by atoms with van der Waals surface area (Å²) in [5.41, 5.74) is 11.5. The molecule has 0 amide bonds. The van der Waals surface area contributed by atoms with Crippen molar-refractivity contribution in [2.75, 3.05) is 13.6 Å². The molecule has 0 fully saturated rings. The number of guanidine groups is 1. The first-order valence-electron chi connectivity index (χ1n) is 9.46. The molecule has 0 radical (unpaired) electrons. The van der Waals surface area contributed by atoms with Crippen molar-refractivity contribution in [3.63, 3.8) is 0 Å². The number of aromatic amines is 1. The molecule has 28 heavy (non-hydrogen) atoms. The largest absolute Gasteiger partial charge is 0.370 e. The normalized spacial score (nSPS) is 19.2. The van der Waals surface area contributed by atoms with Gasteiger partial charge in [0.25, 0.3) is 0 Å². The van der Waals surface area contributed by atoms with Crippen LogP contribution in [-0.2, 0) is 5.54 Å². The summed E-state index contributed by atoms with van der Waals surface area (Å²) in [6, 6.07) is 27.7. The van der Waals surface area contributed by atoms with Crippen molar-refractivity contribution in [1.82, 2.24) is 9.88 Å². The number of benzene rings is 3. The van der Waals surface area contributed by atoms with Gasteiger partial charge in [-0.1, -0.05) is 54.6 Å². The Morgan fingerprint density at radius 2 is 1.68 bits per heavy atom. The first kappa shape index (κ1) is 16.6. The van der Waals surface area contributed by atoms with Crippen molar-refractivity contribution >= 4 is 16.9 Å². The van der Waals surface area contributed by atoms with Gasteiger partial charge in [-0.25, -0.2) is 4.99 Å². The summed E-state index contributed by atoms with van der Waals surface area (Å²) < 4.78 is 0. The highest BCUT2D eigenvalue weighted by atomic mass is 15.3. The second kappa shape index (κ2) is 6.27. The minimum absolute atomic E-state index is 0.492. The molecule has 0 bridgehead atoms. The molecule has 0 saturated heterocycles. The molecule has 1 unspecified atom stereocenters. The summed E-state index contributed by atoms with van der Waals surface area (Å²) in [4.78, 5) is 10.2. The molecule has 0 spiro atoms. The van der Waals surface area contributed by atoms with E-state index in [0.717, 1.165) is 23.2 Å². The number of likely N-dealkylation sites (N-methyl/N-ethyl adjacent to an activating group) is 1. The Morgan fingerprint density at radius 1 is 0.893 bits per heavy atom. The van der Waals surface area contributed by atoms with E-state index in [4.69, 9.17) is 10.7 Å². The van der Waals surface area contributed by atoms with Crippen LogP contribution in [0.2, 0.25) is 0 Å². The van der Waals surface area contributed by atoms with E-state index >= 15 is 0 Å². The van der Waals surface area contributed by atoms with Crippen LogP contribution in [-0.4, -0.2) is 29.4 Å². The van der Waals surface area contributed by atoms with Crippen molar-refractivity contribution in [2.45, 2.75) is 5.54 Å². The maximum Gasteiger partial charge on any atom is 0.192 e. The highest BCUT2D eigenvalue weighted by molar-refractivity contribution is 5.85. The maximum atomic E-state index is 6.20. The zero-order chi connectivity index (χ0) is 19.1. The Kier molecular flexibility index (Phi) is 3.72. The summed E-state index contributed by atoms with van der Waals surface area (Å²) in [7, 11) is 1.99. The summed E-state index contributed by atoms with van der Waals surface area (Å²) in [5, 5.41) is 1.21. The highest BCUT2D eigenvalue weighted by Gasteiger charge is 2.40. The van der Waals surface area contributed by atoms with Gasteiger partial charge in [0.1, 0.15) is 5.54 Å². The van der Waals surface area contributed by atoms with E-state index in [1.54, 1.807) is 0 Å². The zero-order valence-corrected chi connectivity index (χ0v) is 15.8. The molecule has 3 N–H and O–H groups in total. The third kappa shape index (κ3) is 2.57. The number of nitrogens with two attached hydrogens (primary N) is 1. The Hall–Kier alpha value is -3.53. The molecule has 0 saturated carbocycles. The molecule has 2 heterocycles. The Morgan fingerprint density at radius 3 is 2.46 bits per heavy atom. The summed E-state index contributed by atoms with van der Waals surface area (Å²) >= 11 is 0. The Labute approximate surface area is 164 Å². The van der Waals surface area contributed by atoms with Crippen molar-refractivity contribution in [2.24, 2.45) is 10.7 Å².